The highest BCUT2D eigenvalue weighted by atomic mass is 32.1. The molecule has 2 rings (SSSR count). The third-order valence-electron chi connectivity index (χ3n) is 3.97. The normalized spacial score (nSPS) is 28.8. The first kappa shape index (κ1) is 14.7. The maximum absolute atomic E-state index is 4.29. The van der Waals surface area contributed by atoms with Gasteiger partial charge in [0.1, 0.15) is 5.01 Å². The van der Waals surface area contributed by atoms with Gasteiger partial charge in [0.15, 0.2) is 0 Å². The third-order valence-corrected chi connectivity index (χ3v) is 4.85. The molecule has 3 unspecified atom stereocenters. The Morgan fingerprint density at radius 2 is 2.11 bits per heavy atom. The molecule has 2 heterocycles. The smallest absolute Gasteiger partial charge is 0.205 e. The summed E-state index contributed by atoms with van der Waals surface area (Å²) in [6.07, 6.45) is 2.20. The van der Waals surface area contributed by atoms with E-state index in [0.717, 1.165) is 23.1 Å². The van der Waals surface area contributed by atoms with E-state index in [0.29, 0.717) is 23.9 Å². The maximum atomic E-state index is 4.29. The van der Waals surface area contributed by atoms with E-state index in [1.165, 1.54) is 6.42 Å². The average molecular weight is 282 g/mol. The van der Waals surface area contributed by atoms with Crippen LogP contribution in [-0.4, -0.2) is 40.8 Å². The summed E-state index contributed by atoms with van der Waals surface area (Å²) in [5.74, 6) is 1.29. The molecule has 1 aliphatic rings. The molecule has 1 saturated heterocycles. The molecule has 1 aromatic heterocycles. The Balaban J connectivity index is 1.95. The van der Waals surface area contributed by atoms with Crippen molar-refractivity contribution in [2.45, 2.75) is 52.6 Å². The second-order valence-electron chi connectivity index (χ2n) is 6.35. The summed E-state index contributed by atoms with van der Waals surface area (Å²) in [6, 6.07) is 1.16. The maximum Gasteiger partial charge on any atom is 0.205 e. The zero-order valence-corrected chi connectivity index (χ0v) is 13.5. The minimum atomic E-state index is 0.519. The lowest BCUT2D eigenvalue weighted by molar-refractivity contribution is 0.145. The summed E-state index contributed by atoms with van der Waals surface area (Å²) in [4.78, 5) is 2.44. The van der Waals surface area contributed by atoms with Gasteiger partial charge >= 0.3 is 0 Å². The van der Waals surface area contributed by atoms with Gasteiger partial charge in [0.25, 0.3) is 0 Å². The topological polar surface area (TPSA) is 41.1 Å². The second kappa shape index (κ2) is 6.18. The highest BCUT2D eigenvalue weighted by Gasteiger charge is 2.29. The molecule has 1 aliphatic heterocycles. The lowest BCUT2D eigenvalue weighted by atomic mass is 9.90. The molecular weight excluding hydrogens is 256 g/mol. The Hall–Kier alpha value is -0.680. The van der Waals surface area contributed by atoms with Gasteiger partial charge in [-0.1, -0.05) is 32.1 Å². The predicted molar refractivity (Wildman–Crippen MR) is 81.7 cm³/mol. The van der Waals surface area contributed by atoms with E-state index in [1.54, 1.807) is 11.3 Å². The summed E-state index contributed by atoms with van der Waals surface area (Å²) in [7, 11) is 2.21. The fraction of sp³-hybridized carbons (Fsp3) is 0.857. The van der Waals surface area contributed by atoms with Crippen molar-refractivity contribution in [2.24, 2.45) is 11.8 Å². The van der Waals surface area contributed by atoms with Gasteiger partial charge in [-0.25, -0.2) is 0 Å². The first-order chi connectivity index (χ1) is 8.95. The zero-order chi connectivity index (χ0) is 14.0. The van der Waals surface area contributed by atoms with Gasteiger partial charge in [-0.2, -0.15) is 0 Å². The minimum absolute atomic E-state index is 0.519. The number of aromatic nitrogens is 2. The van der Waals surface area contributed by atoms with Crippen molar-refractivity contribution < 1.29 is 0 Å². The first-order valence-electron chi connectivity index (χ1n) is 7.25. The van der Waals surface area contributed by atoms with E-state index in [9.17, 15) is 0 Å². The number of hydrogen-bond acceptors (Lipinski definition) is 5. The van der Waals surface area contributed by atoms with Crippen LogP contribution in [0.15, 0.2) is 0 Å². The number of nitrogens with zero attached hydrogens (tertiary/aromatic N) is 3. The SMILES string of the molecule is CC(C)Cc1nnc(NC2CC(C)N(C)CC2C)s1. The number of nitrogens with one attached hydrogen (secondary N) is 1. The number of anilines is 1. The van der Waals surface area contributed by atoms with Gasteiger partial charge in [0, 0.05) is 25.0 Å². The molecule has 0 amide bonds. The summed E-state index contributed by atoms with van der Waals surface area (Å²) in [6.45, 7) is 10.2. The largest absolute Gasteiger partial charge is 0.357 e. The molecule has 108 valence electrons. The van der Waals surface area contributed by atoms with Crippen LogP contribution in [0, 0.1) is 11.8 Å². The Morgan fingerprint density at radius 3 is 2.79 bits per heavy atom. The highest BCUT2D eigenvalue weighted by molar-refractivity contribution is 7.15. The van der Waals surface area contributed by atoms with Gasteiger partial charge in [-0.15, -0.1) is 10.2 Å². The molecule has 19 heavy (non-hydrogen) atoms. The molecule has 0 radical (unpaired) electrons. The lowest BCUT2D eigenvalue weighted by Crippen LogP contribution is -2.48. The quantitative estimate of drug-likeness (QED) is 0.922. The molecule has 0 bridgehead atoms. The molecule has 1 aromatic rings. The van der Waals surface area contributed by atoms with Gasteiger partial charge < -0.3 is 10.2 Å². The van der Waals surface area contributed by atoms with Crippen LogP contribution in [-0.2, 0) is 6.42 Å². The molecule has 3 atom stereocenters. The summed E-state index contributed by atoms with van der Waals surface area (Å²) >= 11 is 1.71. The zero-order valence-electron chi connectivity index (χ0n) is 12.7. The molecule has 1 fully saturated rings. The van der Waals surface area contributed by atoms with Crippen LogP contribution in [0.2, 0.25) is 0 Å². The number of likely N-dealkylation sites (tertiary alicyclic amines) is 1. The molecule has 0 saturated carbocycles. The Kier molecular flexibility index (Phi) is 4.79. The molecule has 1 N–H and O–H groups in total. The lowest BCUT2D eigenvalue weighted by Gasteiger charge is -2.39. The van der Waals surface area contributed by atoms with Crippen molar-refractivity contribution in [3.05, 3.63) is 5.01 Å². The van der Waals surface area contributed by atoms with Crippen molar-refractivity contribution in [3.63, 3.8) is 0 Å². The van der Waals surface area contributed by atoms with E-state index in [2.05, 4.69) is 55.2 Å². The third kappa shape index (κ3) is 3.89. The molecule has 4 nitrogen and oxygen atoms in total. The number of hydrogen-bond donors (Lipinski definition) is 1. The first-order valence-corrected chi connectivity index (χ1v) is 8.06. The molecule has 0 aliphatic carbocycles. The van der Waals surface area contributed by atoms with E-state index >= 15 is 0 Å². The molecule has 0 spiro atoms. The van der Waals surface area contributed by atoms with Gasteiger partial charge in [0.05, 0.1) is 0 Å². The van der Waals surface area contributed by atoms with E-state index < -0.39 is 0 Å². The van der Waals surface area contributed by atoms with Crippen molar-refractivity contribution >= 4 is 16.5 Å². The van der Waals surface area contributed by atoms with Crippen LogP contribution in [0.25, 0.3) is 0 Å². The van der Waals surface area contributed by atoms with Gasteiger partial charge in [-0.05, 0) is 32.2 Å². The van der Waals surface area contributed by atoms with Crippen molar-refractivity contribution in [1.82, 2.24) is 15.1 Å². The van der Waals surface area contributed by atoms with Crippen LogP contribution in [0.5, 0.6) is 0 Å². The highest BCUT2D eigenvalue weighted by Crippen LogP contribution is 2.26. The second-order valence-corrected chi connectivity index (χ2v) is 7.41. The van der Waals surface area contributed by atoms with Crippen LogP contribution in [0.3, 0.4) is 0 Å². The van der Waals surface area contributed by atoms with Gasteiger partial charge in [-0.3, -0.25) is 0 Å². The van der Waals surface area contributed by atoms with Crippen molar-refractivity contribution in [3.8, 4) is 0 Å². The number of rotatable bonds is 4. The van der Waals surface area contributed by atoms with E-state index in [1.807, 2.05) is 0 Å². The van der Waals surface area contributed by atoms with Crippen LogP contribution < -0.4 is 5.32 Å². The Labute approximate surface area is 120 Å². The summed E-state index contributed by atoms with van der Waals surface area (Å²) in [5.41, 5.74) is 0. The standard InChI is InChI=1S/C14H26N4S/c1-9(2)6-13-16-17-14(19-13)15-12-7-11(4)18(5)8-10(12)3/h9-12H,6-8H2,1-5H3,(H,15,17). The van der Waals surface area contributed by atoms with Gasteiger partial charge in [0.2, 0.25) is 5.13 Å². The molecular formula is C14H26N4S. The predicted octanol–water partition coefficient (Wildman–Crippen LogP) is 2.88. The number of piperidine rings is 1. The fourth-order valence-electron chi connectivity index (χ4n) is 2.64. The van der Waals surface area contributed by atoms with Crippen molar-refractivity contribution in [1.29, 1.82) is 0 Å². The summed E-state index contributed by atoms with van der Waals surface area (Å²) in [5, 5.41) is 14.3. The Morgan fingerprint density at radius 1 is 1.37 bits per heavy atom. The molecule has 0 aromatic carbocycles. The minimum Gasteiger partial charge on any atom is -0.357 e. The average Bonchev–Trinajstić information content (AvgIpc) is 2.72. The van der Waals surface area contributed by atoms with Crippen LogP contribution >= 0.6 is 11.3 Å². The summed E-state index contributed by atoms with van der Waals surface area (Å²) < 4.78 is 0. The van der Waals surface area contributed by atoms with Crippen LogP contribution in [0.4, 0.5) is 5.13 Å². The molecule has 5 heteroatoms. The fourth-order valence-corrected chi connectivity index (χ4v) is 3.66. The van der Waals surface area contributed by atoms with E-state index in [-0.39, 0.29) is 0 Å². The Bertz CT molecular complexity index is 404. The monoisotopic (exact) mass is 282 g/mol. The van der Waals surface area contributed by atoms with Crippen LogP contribution in [0.1, 0.15) is 39.1 Å². The van der Waals surface area contributed by atoms with Crippen molar-refractivity contribution in [2.75, 3.05) is 18.9 Å². The van der Waals surface area contributed by atoms with E-state index in [4.69, 9.17) is 0 Å².